The SMILES string of the molecule is CC(C)[C@H](NC(=O)OCC1c2ccccc2-c2ccccc21)C(=O)N[C@@H](CN(C)C)C(=O)O. The van der Waals surface area contributed by atoms with Crippen LogP contribution in [0.5, 0.6) is 0 Å². The minimum absolute atomic E-state index is 0.0917. The van der Waals surface area contributed by atoms with Gasteiger partial charge in [0.2, 0.25) is 5.91 Å². The fraction of sp³-hybridized carbons (Fsp3) is 0.400. The lowest BCUT2D eigenvalue weighted by Crippen LogP contribution is -2.55. The van der Waals surface area contributed by atoms with Crippen LogP contribution < -0.4 is 10.6 Å². The van der Waals surface area contributed by atoms with E-state index >= 15 is 0 Å². The Morgan fingerprint density at radius 3 is 2.00 bits per heavy atom. The van der Waals surface area contributed by atoms with Gasteiger partial charge >= 0.3 is 12.1 Å². The third-order valence-electron chi connectivity index (χ3n) is 5.73. The summed E-state index contributed by atoms with van der Waals surface area (Å²) in [6, 6.07) is 14.1. The Morgan fingerprint density at radius 2 is 1.52 bits per heavy atom. The van der Waals surface area contributed by atoms with E-state index in [1.54, 1.807) is 32.8 Å². The van der Waals surface area contributed by atoms with Gasteiger partial charge in [-0.1, -0.05) is 62.4 Å². The van der Waals surface area contributed by atoms with E-state index < -0.39 is 30.1 Å². The topological polar surface area (TPSA) is 108 Å². The number of likely N-dealkylation sites (N-methyl/N-ethyl adjacent to an activating group) is 1. The number of rotatable bonds is 9. The van der Waals surface area contributed by atoms with Crippen molar-refractivity contribution in [3.8, 4) is 11.1 Å². The van der Waals surface area contributed by atoms with Gasteiger partial charge in [-0.05, 0) is 42.3 Å². The summed E-state index contributed by atoms with van der Waals surface area (Å²) in [5.74, 6) is -2.06. The number of carbonyl (C=O) groups is 3. The number of ether oxygens (including phenoxy) is 1. The Hall–Kier alpha value is -3.39. The number of hydrogen-bond donors (Lipinski definition) is 3. The summed E-state index contributed by atoms with van der Waals surface area (Å²) in [6.07, 6.45) is -0.717. The maximum absolute atomic E-state index is 12.7. The van der Waals surface area contributed by atoms with Gasteiger partial charge in [0.1, 0.15) is 18.7 Å². The number of nitrogens with zero attached hydrogens (tertiary/aromatic N) is 1. The molecule has 0 unspecified atom stereocenters. The summed E-state index contributed by atoms with van der Waals surface area (Å²) in [7, 11) is 3.44. The number of carbonyl (C=O) groups excluding carboxylic acids is 2. The highest BCUT2D eigenvalue weighted by Gasteiger charge is 2.31. The van der Waals surface area contributed by atoms with Crippen LogP contribution in [-0.2, 0) is 14.3 Å². The Labute approximate surface area is 193 Å². The van der Waals surface area contributed by atoms with Crippen LogP contribution in [0.15, 0.2) is 48.5 Å². The molecule has 0 aromatic heterocycles. The number of aliphatic carboxylic acids is 1. The van der Waals surface area contributed by atoms with E-state index in [0.717, 1.165) is 22.3 Å². The van der Waals surface area contributed by atoms with Crippen molar-refractivity contribution in [3.63, 3.8) is 0 Å². The van der Waals surface area contributed by atoms with E-state index in [9.17, 15) is 19.5 Å². The number of carboxylic acids is 1. The first-order chi connectivity index (χ1) is 15.7. The molecule has 2 atom stereocenters. The number of nitrogens with one attached hydrogen (secondary N) is 2. The van der Waals surface area contributed by atoms with Crippen molar-refractivity contribution in [3.05, 3.63) is 59.7 Å². The standard InChI is InChI=1S/C25H31N3O5/c1-15(2)22(23(29)26-21(24(30)31)13-28(3)4)27-25(32)33-14-20-18-11-7-5-9-16(18)17-10-6-8-12-19(17)20/h5-12,15,20-22H,13-14H2,1-4H3,(H,26,29)(H,27,32)(H,30,31)/t21-,22-/m0/s1. The molecule has 2 aromatic carbocycles. The fourth-order valence-electron chi connectivity index (χ4n) is 4.11. The van der Waals surface area contributed by atoms with Gasteiger partial charge in [0, 0.05) is 12.5 Å². The zero-order chi connectivity index (χ0) is 24.1. The molecule has 33 heavy (non-hydrogen) atoms. The maximum Gasteiger partial charge on any atom is 0.407 e. The third-order valence-corrected chi connectivity index (χ3v) is 5.73. The van der Waals surface area contributed by atoms with Gasteiger partial charge in [-0.3, -0.25) is 4.79 Å². The second-order valence-corrected chi connectivity index (χ2v) is 8.85. The van der Waals surface area contributed by atoms with Crippen molar-refractivity contribution in [2.75, 3.05) is 27.2 Å². The van der Waals surface area contributed by atoms with Crippen LogP contribution in [-0.4, -0.2) is 67.3 Å². The lowest BCUT2D eigenvalue weighted by atomic mass is 9.98. The molecule has 2 aromatic rings. The number of benzene rings is 2. The summed E-state index contributed by atoms with van der Waals surface area (Å²) >= 11 is 0. The molecular formula is C25H31N3O5. The Kier molecular flexibility index (Phi) is 7.71. The molecule has 2 amide bonds. The predicted molar refractivity (Wildman–Crippen MR) is 125 cm³/mol. The number of fused-ring (bicyclic) bond motifs is 3. The van der Waals surface area contributed by atoms with Crippen LogP contribution in [0.4, 0.5) is 4.79 Å². The number of carboxylic acid groups (broad SMARTS) is 1. The van der Waals surface area contributed by atoms with Crippen LogP contribution in [0.25, 0.3) is 11.1 Å². The van der Waals surface area contributed by atoms with Crippen LogP contribution in [0.1, 0.15) is 30.9 Å². The summed E-state index contributed by atoms with van der Waals surface area (Å²) in [6.45, 7) is 3.81. The monoisotopic (exact) mass is 453 g/mol. The van der Waals surface area contributed by atoms with Crippen LogP contribution in [0.2, 0.25) is 0 Å². The molecule has 0 saturated heterocycles. The zero-order valence-electron chi connectivity index (χ0n) is 19.4. The Bertz CT molecular complexity index is 975. The summed E-state index contributed by atoms with van der Waals surface area (Å²) < 4.78 is 5.53. The van der Waals surface area contributed by atoms with Gasteiger partial charge in [0.25, 0.3) is 0 Å². The van der Waals surface area contributed by atoms with Crippen molar-refractivity contribution < 1.29 is 24.2 Å². The first-order valence-electron chi connectivity index (χ1n) is 11.0. The molecule has 176 valence electrons. The highest BCUT2D eigenvalue weighted by molar-refractivity contribution is 5.89. The summed E-state index contributed by atoms with van der Waals surface area (Å²) in [4.78, 5) is 38.5. The molecule has 0 heterocycles. The quantitative estimate of drug-likeness (QED) is 0.539. The van der Waals surface area contributed by atoms with E-state index in [4.69, 9.17) is 4.74 Å². The largest absolute Gasteiger partial charge is 0.480 e. The van der Waals surface area contributed by atoms with Crippen molar-refractivity contribution in [1.82, 2.24) is 15.5 Å². The van der Waals surface area contributed by atoms with E-state index in [1.807, 2.05) is 36.4 Å². The number of hydrogen-bond acceptors (Lipinski definition) is 5. The van der Waals surface area contributed by atoms with Gasteiger partial charge in [-0.25, -0.2) is 9.59 Å². The first kappa shape index (κ1) is 24.3. The Balaban J connectivity index is 1.65. The second kappa shape index (κ2) is 10.5. The van der Waals surface area contributed by atoms with Gasteiger partial charge in [0.15, 0.2) is 0 Å². The minimum Gasteiger partial charge on any atom is -0.480 e. The summed E-state index contributed by atoms with van der Waals surface area (Å²) in [5.41, 5.74) is 4.44. The molecule has 1 aliphatic rings. The van der Waals surface area contributed by atoms with Gasteiger partial charge in [-0.15, -0.1) is 0 Å². The smallest absolute Gasteiger partial charge is 0.407 e. The predicted octanol–water partition coefficient (Wildman–Crippen LogP) is 2.68. The molecule has 0 spiro atoms. The maximum atomic E-state index is 12.7. The normalized spacial score (nSPS) is 14.4. The molecule has 8 nitrogen and oxygen atoms in total. The fourth-order valence-corrected chi connectivity index (χ4v) is 4.11. The second-order valence-electron chi connectivity index (χ2n) is 8.85. The molecule has 0 bridgehead atoms. The minimum atomic E-state index is -1.14. The number of amides is 2. The third kappa shape index (κ3) is 5.70. The van der Waals surface area contributed by atoms with Crippen molar-refractivity contribution >= 4 is 18.0 Å². The van der Waals surface area contributed by atoms with E-state index in [1.165, 1.54) is 0 Å². The lowest BCUT2D eigenvalue weighted by molar-refractivity contribution is -0.142. The van der Waals surface area contributed by atoms with E-state index in [-0.39, 0.29) is 25.0 Å². The molecule has 0 radical (unpaired) electrons. The molecule has 1 aliphatic carbocycles. The molecule has 0 saturated carbocycles. The number of alkyl carbamates (subject to hydrolysis) is 1. The average molecular weight is 454 g/mol. The molecule has 3 N–H and O–H groups in total. The highest BCUT2D eigenvalue weighted by atomic mass is 16.5. The molecule has 3 rings (SSSR count). The van der Waals surface area contributed by atoms with Crippen molar-refractivity contribution in [2.24, 2.45) is 5.92 Å². The van der Waals surface area contributed by atoms with Crippen molar-refractivity contribution in [1.29, 1.82) is 0 Å². The van der Waals surface area contributed by atoms with Gasteiger partial charge in [-0.2, -0.15) is 0 Å². The molecular weight excluding hydrogens is 422 g/mol. The van der Waals surface area contributed by atoms with Crippen molar-refractivity contribution in [2.45, 2.75) is 31.8 Å². The average Bonchev–Trinajstić information content (AvgIpc) is 3.08. The summed E-state index contributed by atoms with van der Waals surface area (Å²) in [5, 5.41) is 14.5. The molecule has 8 heteroatoms. The lowest BCUT2D eigenvalue weighted by Gasteiger charge is -2.25. The molecule has 0 aliphatic heterocycles. The zero-order valence-corrected chi connectivity index (χ0v) is 19.4. The first-order valence-corrected chi connectivity index (χ1v) is 11.0. The van der Waals surface area contributed by atoms with Crippen LogP contribution >= 0.6 is 0 Å². The van der Waals surface area contributed by atoms with Gasteiger partial charge in [0.05, 0.1) is 0 Å². The van der Waals surface area contributed by atoms with Crippen LogP contribution in [0.3, 0.4) is 0 Å². The van der Waals surface area contributed by atoms with E-state index in [2.05, 4.69) is 22.8 Å². The Morgan fingerprint density at radius 1 is 0.970 bits per heavy atom. The molecule has 0 fully saturated rings. The highest BCUT2D eigenvalue weighted by Crippen LogP contribution is 2.44. The van der Waals surface area contributed by atoms with Crippen LogP contribution in [0, 0.1) is 5.92 Å². The van der Waals surface area contributed by atoms with E-state index in [0.29, 0.717) is 0 Å². The van der Waals surface area contributed by atoms with Gasteiger partial charge < -0.3 is 25.4 Å².